The Labute approximate surface area is 162 Å². The van der Waals surface area contributed by atoms with E-state index in [9.17, 15) is 9.59 Å². The van der Waals surface area contributed by atoms with Crippen molar-refractivity contribution in [3.8, 4) is 5.75 Å². The van der Waals surface area contributed by atoms with E-state index in [1.54, 1.807) is 67.6 Å². The molecule has 28 heavy (non-hydrogen) atoms. The second kappa shape index (κ2) is 8.73. The molecule has 0 radical (unpaired) electrons. The van der Waals surface area contributed by atoms with Crippen molar-refractivity contribution in [2.45, 2.75) is 6.92 Å². The summed E-state index contributed by atoms with van der Waals surface area (Å²) in [6.45, 7) is 1.80. The predicted octanol–water partition coefficient (Wildman–Crippen LogP) is 4.01. The summed E-state index contributed by atoms with van der Waals surface area (Å²) in [5.41, 5.74) is 0.980. The normalized spacial score (nSPS) is 11.0. The van der Waals surface area contributed by atoms with Gasteiger partial charge in [0.05, 0.1) is 12.8 Å². The van der Waals surface area contributed by atoms with Crippen LogP contribution in [0.25, 0.3) is 6.08 Å². The molecule has 142 valence electrons. The lowest BCUT2D eigenvalue weighted by molar-refractivity contribution is -0.113. The van der Waals surface area contributed by atoms with E-state index >= 15 is 0 Å². The highest BCUT2D eigenvalue weighted by Crippen LogP contribution is 2.23. The van der Waals surface area contributed by atoms with Crippen LogP contribution in [0.1, 0.15) is 21.9 Å². The number of anilines is 1. The molecular weight excluding hydrogens is 356 g/mol. The smallest absolute Gasteiger partial charge is 0.272 e. The number of furan rings is 1. The standard InChI is InChI=1S/C22H20N2O4/c1-15-12-13-17(28-15)14-19(24-21(25)16-8-4-3-5-9-16)22(26)23-18-10-6-7-11-20(18)27-2/h3-14H,1-2H3,(H,23,26)(H,24,25). The summed E-state index contributed by atoms with van der Waals surface area (Å²) in [7, 11) is 1.52. The van der Waals surface area contributed by atoms with Crippen molar-refractivity contribution < 1.29 is 18.7 Å². The molecule has 6 nitrogen and oxygen atoms in total. The molecule has 2 aromatic carbocycles. The molecule has 0 unspecified atom stereocenters. The third-order valence-electron chi connectivity index (χ3n) is 3.93. The third kappa shape index (κ3) is 4.67. The highest BCUT2D eigenvalue weighted by Gasteiger charge is 2.17. The summed E-state index contributed by atoms with van der Waals surface area (Å²) in [4.78, 5) is 25.4. The zero-order chi connectivity index (χ0) is 19.9. The lowest BCUT2D eigenvalue weighted by atomic mass is 10.2. The Morgan fingerprint density at radius 3 is 2.36 bits per heavy atom. The molecule has 1 aromatic heterocycles. The summed E-state index contributed by atoms with van der Waals surface area (Å²) >= 11 is 0. The van der Waals surface area contributed by atoms with Gasteiger partial charge < -0.3 is 19.8 Å². The predicted molar refractivity (Wildman–Crippen MR) is 107 cm³/mol. The molecule has 3 rings (SSSR count). The number of aryl methyl sites for hydroxylation is 1. The molecule has 0 saturated carbocycles. The van der Waals surface area contributed by atoms with Crippen LogP contribution in [0.3, 0.4) is 0 Å². The molecular formula is C22H20N2O4. The Morgan fingerprint density at radius 1 is 0.964 bits per heavy atom. The van der Waals surface area contributed by atoms with E-state index < -0.39 is 11.8 Å². The van der Waals surface area contributed by atoms with Crippen molar-refractivity contribution in [2.75, 3.05) is 12.4 Å². The Balaban J connectivity index is 1.88. The van der Waals surface area contributed by atoms with E-state index in [1.807, 2.05) is 6.07 Å². The first-order chi connectivity index (χ1) is 13.6. The number of benzene rings is 2. The van der Waals surface area contributed by atoms with Gasteiger partial charge in [0, 0.05) is 11.6 Å². The SMILES string of the molecule is COc1ccccc1NC(=O)C(=Cc1ccc(C)o1)NC(=O)c1ccccc1. The van der Waals surface area contributed by atoms with Crippen molar-refractivity contribution in [3.63, 3.8) is 0 Å². The second-order valence-electron chi connectivity index (χ2n) is 5.98. The van der Waals surface area contributed by atoms with Crippen LogP contribution in [0.4, 0.5) is 5.69 Å². The van der Waals surface area contributed by atoms with Crippen LogP contribution in [-0.4, -0.2) is 18.9 Å². The number of carbonyl (C=O) groups is 2. The number of rotatable bonds is 6. The van der Waals surface area contributed by atoms with Crippen molar-refractivity contribution in [2.24, 2.45) is 0 Å². The quantitative estimate of drug-likeness (QED) is 0.637. The summed E-state index contributed by atoms with van der Waals surface area (Å²) < 4.78 is 10.8. The number of nitrogens with one attached hydrogen (secondary N) is 2. The summed E-state index contributed by atoms with van der Waals surface area (Å²) in [5, 5.41) is 5.41. The van der Waals surface area contributed by atoms with Crippen LogP contribution >= 0.6 is 0 Å². The maximum absolute atomic E-state index is 12.9. The Morgan fingerprint density at radius 2 is 1.68 bits per heavy atom. The molecule has 6 heteroatoms. The van der Waals surface area contributed by atoms with Crippen LogP contribution in [0.5, 0.6) is 5.75 Å². The van der Waals surface area contributed by atoms with Gasteiger partial charge in [0.25, 0.3) is 11.8 Å². The molecule has 0 aliphatic heterocycles. The maximum Gasteiger partial charge on any atom is 0.272 e. The Bertz CT molecular complexity index is 1010. The summed E-state index contributed by atoms with van der Waals surface area (Å²) in [6, 6.07) is 19.2. The number of carbonyl (C=O) groups excluding carboxylic acids is 2. The zero-order valence-electron chi connectivity index (χ0n) is 15.6. The lowest BCUT2D eigenvalue weighted by Gasteiger charge is -2.13. The van der Waals surface area contributed by atoms with Crippen LogP contribution in [0.2, 0.25) is 0 Å². The molecule has 0 spiro atoms. The third-order valence-corrected chi connectivity index (χ3v) is 3.93. The topological polar surface area (TPSA) is 80.6 Å². The van der Waals surface area contributed by atoms with Crippen LogP contribution in [0.15, 0.2) is 76.8 Å². The van der Waals surface area contributed by atoms with Crippen LogP contribution in [-0.2, 0) is 4.79 Å². The minimum Gasteiger partial charge on any atom is -0.495 e. The highest BCUT2D eigenvalue weighted by molar-refractivity contribution is 6.11. The summed E-state index contributed by atoms with van der Waals surface area (Å²) in [6.07, 6.45) is 1.48. The monoisotopic (exact) mass is 376 g/mol. The van der Waals surface area contributed by atoms with E-state index in [4.69, 9.17) is 9.15 Å². The number of hydrogen-bond donors (Lipinski definition) is 2. The van der Waals surface area contributed by atoms with Gasteiger partial charge in [-0.3, -0.25) is 9.59 Å². The number of ether oxygens (including phenoxy) is 1. The molecule has 2 amide bonds. The van der Waals surface area contributed by atoms with Gasteiger partial charge in [-0.05, 0) is 43.3 Å². The van der Waals surface area contributed by atoms with Gasteiger partial charge in [-0.2, -0.15) is 0 Å². The first kappa shape index (κ1) is 19.0. The molecule has 0 bridgehead atoms. The second-order valence-corrected chi connectivity index (χ2v) is 5.98. The molecule has 3 aromatic rings. The van der Waals surface area contributed by atoms with Gasteiger partial charge in [-0.1, -0.05) is 30.3 Å². The van der Waals surface area contributed by atoms with Crippen LogP contribution in [0, 0.1) is 6.92 Å². The zero-order valence-corrected chi connectivity index (χ0v) is 15.6. The number of amides is 2. The molecule has 2 N–H and O–H groups in total. The van der Waals surface area contributed by atoms with E-state index in [-0.39, 0.29) is 5.70 Å². The molecule has 0 aliphatic rings. The van der Waals surface area contributed by atoms with E-state index in [1.165, 1.54) is 13.2 Å². The van der Waals surface area contributed by atoms with Gasteiger partial charge in [0.2, 0.25) is 0 Å². The highest BCUT2D eigenvalue weighted by atomic mass is 16.5. The van der Waals surface area contributed by atoms with Gasteiger partial charge in [-0.15, -0.1) is 0 Å². The Hall–Kier alpha value is -3.80. The van der Waals surface area contributed by atoms with E-state index in [0.29, 0.717) is 28.5 Å². The largest absolute Gasteiger partial charge is 0.495 e. The number of para-hydroxylation sites is 2. The minimum absolute atomic E-state index is 0.0501. The maximum atomic E-state index is 12.9. The van der Waals surface area contributed by atoms with Crippen molar-refractivity contribution in [3.05, 3.63) is 89.5 Å². The summed E-state index contributed by atoms with van der Waals surface area (Å²) in [5.74, 6) is 0.771. The average molecular weight is 376 g/mol. The van der Waals surface area contributed by atoms with Gasteiger partial charge in [-0.25, -0.2) is 0 Å². The molecule has 0 saturated heterocycles. The van der Waals surface area contributed by atoms with Crippen LogP contribution < -0.4 is 15.4 Å². The molecule has 1 heterocycles. The molecule has 0 aliphatic carbocycles. The average Bonchev–Trinajstić information content (AvgIpc) is 3.13. The van der Waals surface area contributed by atoms with E-state index in [0.717, 1.165) is 0 Å². The van der Waals surface area contributed by atoms with Gasteiger partial charge >= 0.3 is 0 Å². The van der Waals surface area contributed by atoms with Gasteiger partial charge in [0.1, 0.15) is 23.0 Å². The van der Waals surface area contributed by atoms with Gasteiger partial charge in [0.15, 0.2) is 0 Å². The fourth-order valence-corrected chi connectivity index (χ4v) is 2.55. The minimum atomic E-state index is -0.497. The lowest BCUT2D eigenvalue weighted by Crippen LogP contribution is -2.30. The fraction of sp³-hybridized carbons (Fsp3) is 0.0909. The van der Waals surface area contributed by atoms with Crippen molar-refractivity contribution in [1.29, 1.82) is 0 Å². The number of hydrogen-bond acceptors (Lipinski definition) is 4. The molecule has 0 atom stereocenters. The first-order valence-electron chi connectivity index (χ1n) is 8.65. The van der Waals surface area contributed by atoms with Crippen molar-refractivity contribution >= 4 is 23.6 Å². The number of methoxy groups -OCH3 is 1. The molecule has 0 fully saturated rings. The van der Waals surface area contributed by atoms with E-state index in [2.05, 4.69) is 10.6 Å². The Kier molecular flexibility index (Phi) is 5.91. The van der Waals surface area contributed by atoms with Crippen molar-refractivity contribution in [1.82, 2.24) is 5.32 Å². The fourth-order valence-electron chi connectivity index (χ4n) is 2.55. The first-order valence-corrected chi connectivity index (χ1v) is 8.65.